The zero-order valence-corrected chi connectivity index (χ0v) is 20.0. The van der Waals surface area contributed by atoms with Crippen LogP contribution in [0.3, 0.4) is 0 Å². The van der Waals surface area contributed by atoms with Crippen molar-refractivity contribution in [1.82, 2.24) is 10.2 Å². The van der Waals surface area contributed by atoms with Crippen molar-refractivity contribution in [3.63, 3.8) is 0 Å². The first-order valence-electron chi connectivity index (χ1n) is 12.3. The van der Waals surface area contributed by atoms with Crippen molar-refractivity contribution in [3.05, 3.63) is 65.5 Å². The van der Waals surface area contributed by atoms with Crippen molar-refractivity contribution in [1.29, 1.82) is 0 Å². The number of carbonyl (C=O) groups is 2. The van der Waals surface area contributed by atoms with Gasteiger partial charge in [0, 0.05) is 37.4 Å². The van der Waals surface area contributed by atoms with E-state index in [0.717, 1.165) is 37.9 Å². The number of alkyl halides is 1. The number of Topliss-reactive ketones (excluding diaryl/α,β-unsaturated/α-hetero) is 1. The van der Waals surface area contributed by atoms with Crippen molar-refractivity contribution in [2.24, 2.45) is 5.92 Å². The molecular formula is C27H33F2N3O3. The van der Waals surface area contributed by atoms with Gasteiger partial charge < -0.3 is 20.3 Å². The highest BCUT2D eigenvalue weighted by Gasteiger charge is 2.37. The van der Waals surface area contributed by atoms with Crippen molar-refractivity contribution in [2.75, 3.05) is 31.6 Å². The van der Waals surface area contributed by atoms with Crippen molar-refractivity contribution in [2.45, 2.75) is 50.9 Å². The highest BCUT2D eigenvalue weighted by Crippen LogP contribution is 2.24. The number of likely N-dealkylation sites (tertiary alicyclic amines) is 1. The summed E-state index contributed by atoms with van der Waals surface area (Å²) < 4.78 is 34.0. The molecule has 2 aliphatic heterocycles. The Balaban J connectivity index is 1.34. The van der Waals surface area contributed by atoms with E-state index in [2.05, 4.69) is 15.5 Å². The number of hydrogen-bond donors (Lipinski definition) is 2. The molecule has 35 heavy (non-hydrogen) atoms. The van der Waals surface area contributed by atoms with Gasteiger partial charge in [-0.3, -0.25) is 4.79 Å². The molecule has 2 fully saturated rings. The van der Waals surface area contributed by atoms with Crippen LogP contribution < -0.4 is 10.6 Å². The smallest absolute Gasteiger partial charge is 0.319 e. The molecule has 2 N–H and O–H groups in total. The van der Waals surface area contributed by atoms with Gasteiger partial charge in [-0.05, 0) is 68.5 Å². The second kappa shape index (κ2) is 11.7. The number of halogens is 2. The molecule has 4 atom stereocenters. The minimum atomic E-state index is -1.21. The maximum absolute atomic E-state index is 14.9. The number of benzene rings is 2. The first-order valence-corrected chi connectivity index (χ1v) is 12.3. The molecule has 0 spiro atoms. The molecule has 2 aromatic carbocycles. The largest absolute Gasteiger partial charge is 0.375 e. The molecule has 0 saturated carbocycles. The minimum absolute atomic E-state index is 0.0992. The molecule has 2 amide bonds. The minimum Gasteiger partial charge on any atom is -0.375 e. The fourth-order valence-corrected chi connectivity index (χ4v) is 5.02. The Bertz CT molecular complexity index is 1020. The van der Waals surface area contributed by atoms with E-state index in [1.807, 2.05) is 12.1 Å². The van der Waals surface area contributed by atoms with Gasteiger partial charge in [0.25, 0.3) is 0 Å². The van der Waals surface area contributed by atoms with Crippen LogP contribution in [0, 0.1) is 11.7 Å². The number of nitrogens with zero attached hydrogens (tertiary/aromatic N) is 1. The Labute approximate surface area is 205 Å². The summed E-state index contributed by atoms with van der Waals surface area (Å²) in [5, 5.41) is 5.47. The summed E-state index contributed by atoms with van der Waals surface area (Å²) in [7, 11) is 0. The van der Waals surface area contributed by atoms with Crippen molar-refractivity contribution >= 4 is 17.5 Å². The molecule has 2 saturated heterocycles. The van der Waals surface area contributed by atoms with E-state index < -0.39 is 24.3 Å². The number of nitrogens with one attached hydrogen (secondary N) is 2. The molecule has 0 aliphatic carbocycles. The van der Waals surface area contributed by atoms with Crippen LogP contribution in [-0.4, -0.2) is 61.3 Å². The van der Waals surface area contributed by atoms with Gasteiger partial charge in [-0.15, -0.1) is 0 Å². The third-order valence-electron chi connectivity index (χ3n) is 6.82. The highest BCUT2D eigenvalue weighted by molar-refractivity contribution is 5.96. The molecule has 6 nitrogen and oxygen atoms in total. The Morgan fingerprint density at radius 2 is 1.94 bits per heavy atom. The number of ether oxygens (including phenoxy) is 1. The molecular weight excluding hydrogens is 452 g/mol. The standard InChI is InChI=1S/C27H33F2N3O3/c1-18(33)21-5-2-6-23(15-21)30-27(34)31-26-24(29)11-13-35-25(26)17-32-12-3-4-20(16-32)14-19-7-9-22(28)10-8-19/h2,5-10,15,20,24-26H,3-4,11-14,16-17H2,1H3,(H2,30,31,34)/t20?,24-,25+,26?/m0/s1. The van der Waals surface area contributed by atoms with Gasteiger partial charge in [0.2, 0.25) is 0 Å². The van der Waals surface area contributed by atoms with Gasteiger partial charge in [-0.2, -0.15) is 0 Å². The zero-order chi connectivity index (χ0) is 24.8. The number of hydrogen-bond acceptors (Lipinski definition) is 4. The lowest BCUT2D eigenvalue weighted by Gasteiger charge is -2.40. The number of anilines is 1. The van der Waals surface area contributed by atoms with Crippen LogP contribution in [0.1, 0.15) is 42.1 Å². The molecule has 2 heterocycles. The number of carbonyl (C=O) groups excluding carboxylic acids is 2. The third kappa shape index (κ3) is 7.08. The van der Waals surface area contributed by atoms with Gasteiger partial charge in [0.15, 0.2) is 5.78 Å². The van der Waals surface area contributed by atoms with Crippen LogP contribution in [0.4, 0.5) is 19.3 Å². The van der Waals surface area contributed by atoms with Crippen LogP contribution in [0.15, 0.2) is 48.5 Å². The van der Waals surface area contributed by atoms with E-state index in [4.69, 9.17) is 4.74 Å². The maximum atomic E-state index is 14.9. The molecule has 2 aliphatic rings. The molecule has 0 radical (unpaired) electrons. The fraction of sp³-hybridized carbons (Fsp3) is 0.481. The predicted molar refractivity (Wildman–Crippen MR) is 131 cm³/mol. The molecule has 2 aromatic rings. The van der Waals surface area contributed by atoms with Crippen LogP contribution in [0.5, 0.6) is 0 Å². The first-order chi connectivity index (χ1) is 16.9. The molecule has 188 valence electrons. The number of urea groups is 1. The van der Waals surface area contributed by atoms with Crippen LogP contribution in [0.2, 0.25) is 0 Å². The van der Waals surface area contributed by atoms with Gasteiger partial charge in [0.05, 0.1) is 12.1 Å². The second-order valence-electron chi connectivity index (χ2n) is 9.57. The summed E-state index contributed by atoms with van der Waals surface area (Å²) >= 11 is 0. The quantitative estimate of drug-likeness (QED) is 0.563. The molecule has 2 unspecified atom stereocenters. The van der Waals surface area contributed by atoms with Crippen LogP contribution >= 0.6 is 0 Å². The average Bonchev–Trinajstić information content (AvgIpc) is 2.83. The average molecular weight is 486 g/mol. The summed E-state index contributed by atoms with van der Waals surface area (Å²) in [6.45, 7) is 4.06. The van der Waals surface area contributed by atoms with Crippen LogP contribution in [0.25, 0.3) is 0 Å². The summed E-state index contributed by atoms with van der Waals surface area (Å²) in [5.41, 5.74) is 2.07. The normalized spacial score (nSPS) is 25.1. The lowest BCUT2D eigenvalue weighted by atomic mass is 9.90. The Kier molecular flexibility index (Phi) is 8.46. The maximum Gasteiger partial charge on any atom is 0.319 e. The Morgan fingerprint density at radius 3 is 2.71 bits per heavy atom. The fourth-order valence-electron chi connectivity index (χ4n) is 5.02. The molecule has 0 aromatic heterocycles. The summed E-state index contributed by atoms with van der Waals surface area (Å²) in [6.07, 6.45) is 1.56. The van der Waals surface area contributed by atoms with Gasteiger partial charge in [-0.25, -0.2) is 13.6 Å². The second-order valence-corrected chi connectivity index (χ2v) is 9.57. The number of ketones is 1. The molecule has 8 heteroatoms. The predicted octanol–water partition coefficient (Wildman–Crippen LogP) is 4.60. The van der Waals surface area contributed by atoms with E-state index >= 15 is 0 Å². The highest BCUT2D eigenvalue weighted by atomic mass is 19.1. The summed E-state index contributed by atoms with van der Waals surface area (Å²) in [6, 6.07) is 12.0. The monoisotopic (exact) mass is 485 g/mol. The van der Waals surface area contributed by atoms with E-state index in [9.17, 15) is 18.4 Å². The molecule has 0 bridgehead atoms. The molecule has 4 rings (SSSR count). The third-order valence-corrected chi connectivity index (χ3v) is 6.82. The topological polar surface area (TPSA) is 70.7 Å². The lowest BCUT2D eigenvalue weighted by molar-refractivity contribution is -0.0599. The summed E-state index contributed by atoms with van der Waals surface area (Å²) in [5.74, 6) is 0.100. The SMILES string of the molecule is CC(=O)c1cccc(NC(=O)NC2[C@@H](F)CCO[C@@H]2CN2CCCC(Cc3ccc(F)cc3)C2)c1. The number of piperidine rings is 1. The van der Waals surface area contributed by atoms with E-state index in [1.54, 1.807) is 24.3 Å². The van der Waals surface area contributed by atoms with E-state index in [-0.39, 0.29) is 18.0 Å². The zero-order valence-electron chi connectivity index (χ0n) is 20.0. The Morgan fingerprint density at radius 1 is 1.14 bits per heavy atom. The van der Waals surface area contributed by atoms with E-state index in [1.165, 1.54) is 19.1 Å². The number of rotatable bonds is 7. The van der Waals surface area contributed by atoms with Crippen molar-refractivity contribution in [3.8, 4) is 0 Å². The van der Waals surface area contributed by atoms with Gasteiger partial charge in [0.1, 0.15) is 12.0 Å². The van der Waals surface area contributed by atoms with Gasteiger partial charge in [-0.1, -0.05) is 24.3 Å². The van der Waals surface area contributed by atoms with Crippen LogP contribution in [-0.2, 0) is 11.2 Å². The lowest BCUT2D eigenvalue weighted by Crippen LogP contribution is -2.58. The van der Waals surface area contributed by atoms with Gasteiger partial charge >= 0.3 is 6.03 Å². The van der Waals surface area contributed by atoms with Crippen molar-refractivity contribution < 1.29 is 23.1 Å². The first kappa shape index (κ1) is 25.3. The van der Waals surface area contributed by atoms with E-state index in [0.29, 0.717) is 30.3 Å². The summed E-state index contributed by atoms with van der Waals surface area (Å²) in [4.78, 5) is 26.5. The Hall–Kier alpha value is -2.84. The number of amides is 2.